The van der Waals surface area contributed by atoms with Crippen LogP contribution >= 0.6 is 0 Å². The highest BCUT2D eigenvalue weighted by atomic mass is 19.4. The Bertz CT molecular complexity index is 935. The Morgan fingerprint density at radius 3 is 2.50 bits per heavy atom. The van der Waals surface area contributed by atoms with Crippen molar-refractivity contribution in [1.29, 1.82) is 0 Å². The lowest BCUT2D eigenvalue weighted by Gasteiger charge is -2.20. The summed E-state index contributed by atoms with van der Waals surface area (Å²) in [7, 11) is 0. The van der Waals surface area contributed by atoms with Crippen LogP contribution in [0.5, 0.6) is 0 Å². The molecule has 0 spiro atoms. The Kier molecular flexibility index (Phi) is 5.93. The van der Waals surface area contributed by atoms with Crippen LogP contribution in [0.4, 0.5) is 13.2 Å². The standard InChI is InChI=1S/C17H18N4.C2HF3O2/c1-2-5-12(6-3-1)14-9-15-17(19-11-14)21-16(20-15)13-7-4-8-18-10-13;3-2(4,5)1(6)7/h1-3,5-6,9,11,13,18H,4,7-8,10H2,(H,19,20,21);(H,6,7). The largest absolute Gasteiger partial charge is 0.490 e. The number of carbonyl (C=O) groups is 1. The molecule has 0 saturated carbocycles. The molecule has 4 rings (SSSR count). The third kappa shape index (κ3) is 4.86. The average Bonchev–Trinajstić information content (AvgIpc) is 3.12. The number of carboxylic acid groups (broad SMARTS) is 1. The van der Waals surface area contributed by atoms with E-state index in [1.807, 2.05) is 24.4 Å². The van der Waals surface area contributed by atoms with E-state index in [0.29, 0.717) is 5.92 Å². The molecule has 1 atom stereocenters. The fourth-order valence-electron chi connectivity index (χ4n) is 2.99. The molecule has 148 valence electrons. The van der Waals surface area contributed by atoms with Crippen molar-refractivity contribution in [2.45, 2.75) is 24.9 Å². The van der Waals surface area contributed by atoms with Gasteiger partial charge in [-0.25, -0.2) is 14.8 Å². The molecule has 3 aromatic rings. The number of piperidine rings is 1. The topological polar surface area (TPSA) is 90.9 Å². The van der Waals surface area contributed by atoms with Gasteiger partial charge < -0.3 is 15.4 Å². The zero-order valence-electron chi connectivity index (χ0n) is 14.8. The number of aromatic amines is 1. The smallest absolute Gasteiger partial charge is 0.475 e. The molecule has 1 aliphatic heterocycles. The van der Waals surface area contributed by atoms with Gasteiger partial charge in [0.2, 0.25) is 0 Å². The van der Waals surface area contributed by atoms with Gasteiger partial charge in [0.15, 0.2) is 5.65 Å². The number of nitrogens with one attached hydrogen (secondary N) is 2. The minimum atomic E-state index is -5.08. The van der Waals surface area contributed by atoms with E-state index < -0.39 is 12.1 Å². The van der Waals surface area contributed by atoms with Crippen LogP contribution in [0.15, 0.2) is 42.6 Å². The molecule has 3 heterocycles. The predicted molar refractivity (Wildman–Crippen MR) is 97.9 cm³/mol. The molecule has 0 radical (unpaired) electrons. The third-order valence-electron chi connectivity index (χ3n) is 4.39. The summed E-state index contributed by atoms with van der Waals surface area (Å²) < 4.78 is 31.7. The van der Waals surface area contributed by atoms with Gasteiger partial charge in [0.05, 0.1) is 5.52 Å². The molecular formula is C19H19F3N4O2. The van der Waals surface area contributed by atoms with E-state index in [2.05, 4.69) is 38.5 Å². The molecule has 6 nitrogen and oxygen atoms in total. The molecule has 0 amide bonds. The summed E-state index contributed by atoms with van der Waals surface area (Å²) in [5.74, 6) is -1.21. The lowest BCUT2D eigenvalue weighted by molar-refractivity contribution is -0.192. The minimum Gasteiger partial charge on any atom is -0.475 e. The van der Waals surface area contributed by atoms with Gasteiger partial charge in [0.1, 0.15) is 5.82 Å². The number of nitrogens with zero attached hydrogens (tertiary/aromatic N) is 2. The van der Waals surface area contributed by atoms with Crippen LogP contribution in [-0.4, -0.2) is 45.3 Å². The number of benzene rings is 1. The lowest BCUT2D eigenvalue weighted by Crippen LogP contribution is -2.28. The van der Waals surface area contributed by atoms with E-state index >= 15 is 0 Å². The third-order valence-corrected chi connectivity index (χ3v) is 4.39. The van der Waals surface area contributed by atoms with Crippen LogP contribution in [0.25, 0.3) is 22.3 Å². The van der Waals surface area contributed by atoms with Gasteiger partial charge in [-0.3, -0.25) is 0 Å². The quantitative estimate of drug-likeness (QED) is 0.618. The number of carboxylic acids is 1. The number of pyridine rings is 1. The Hall–Kier alpha value is -2.94. The second kappa shape index (κ2) is 8.39. The number of hydrogen-bond acceptors (Lipinski definition) is 4. The molecule has 0 bridgehead atoms. The Balaban J connectivity index is 0.000000279. The van der Waals surface area contributed by atoms with Crippen LogP contribution in [0.2, 0.25) is 0 Å². The minimum absolute atomic E-state index is 0.480. The van der Waals surface area contributed by atoms with Gasteiger partial charge in [0.25, 0.3) is 0 Å². The van der Waals surface area contributed by atoms with Gasteiger partial charge in [0, 0.05) is 24.2 Å². The second-order valence-electron chi connectivity index (χ2n) is 6.43. The molecular weight excluding hydrogens is 373 g/mol. The first kappa shape index (κ1) is 19.8. The average molecular weight is 392 g/mol. The van der Waals surface area contributed by atoms with Crippen molar-refractivity contribution in [2.24, 2.45) is 0 Å². The molecule has 3 N–H and O–H groups in total. The number of H-pyrrole nitrogens is 1. The second-order valence-corrected chi connectivity index (χ2v) is 6.43. The molecule has 1 saturated heterocycles. The van der Waals surface area contributed by atoms with Gasteiger partial charge in [-0.1, -0.05) is 30.3 Å². The van der Waals surface area contributed by atoms with E-state index in [1.54, 1.807) is 0 Å². The number of aromatic nitrogens is 3. The SMILES string of the molecule is O=C(O)C(F)(F)F.c1ccc(-c2cnc3nc(C4CCCNC4)[nH]c3c2)cc1. The van der Waals surface area contributed by atoms with Crippen molar-refractivity contribution >= 4 is 17.1 Å². The maximum atomic E-state index is 10.6. The highest BCUT2D eigenvalue weighted by Crippen LogP contribution is 2.25. The number of halogens is 3. The normalized spacial score (nSPS) is 17.0. The van der Waals surface area contributed by atoms with Crippen LogP contribution < -0.4 is 5.32 Å². The molecule has 1 aliphatic rings. The summed E-state index contributed by atoms with van der Waals surface area (Å²) in [5, 5.41) is 10.6. The van der Waals surface area contributed by atoms with E-state index in [9.17, 15) is 13.2 Å². The number of rotatable bonds is 2. The predicted octanol–water partition coefficient (Wildman–Crippen LogP) is 3.73. The molecule has 1 fully saturated rings. The van der Waals surface area contributed by atoms with Crippen molar-refractivity contribution < 1.29 is 23.1 Å². The van der Waals surface area contributed by atoms with Gasteiger partial charge in [-0.2, -0.15) is 13.2 Å². The van der Waals surface area contributed by atoms with Crippen molar-refractivity contribution in [3.63, 3.8) is 0 Å². The number of aliphatic carboxylic acids is 1. The number of fused-ring (bicyclic) bond motifs is 1. The Labute approximate surface area is 158 Å². The summed E-state index contributed by atoms with van der Waals surface area (Å²) in [4.78, 5) is 21.5. The number of hydrogen-bond donors (Lipinski definition) is 3. The summed E-state index contributed by atoms with van der Waals surface area (Å²) in [6.07, 6.45) is -0.774. The number of alkyl halides is 3. The zero-order chi connectivity index (χ0) is 20.1. The van der Waals surface area contributed by atoms with Gasteiger partial charge in [-0.05, 0) is 31.0 Å². The van der Waals surface area contributed by atoms with Crippen molar-refractivity contribution in [3.05, 3.63) is 48.4 Å². The zero-order valence-corrected chi connectivity index (χ0v) is 14.8. The van der Waals surface area contributed by atoms with Crippen LogP contribution in [-0.2, 0) is 4.79 Å². The lowest BCUT2D eigenvalue weighted by atomic mass is 9.99. The summed E-state index contributed by atoms with van der Waals surface area (Å²) >= 11 is 0. The van der Waals surface area contributed by atoms with Gasteiger partial charge >= 0.3 is 12.1 Å². The van der Waals surface area contributed by atoms with Gasteiger partial charge in [-0.15, -0.1) is 0 Å². The molecule has 1 unspecified atom stereocenters. The van der Waals surface area contributed by atoms with E-state index in [4.69, 9.17) is 9.90 Å². The fourth-order valence-corrected chi connectivity index (χ4v) is 2.99. The Morgan fingerprint density at radius 1 is 1.18 bits per heavy atom. The maximum absolute atomic E-state index is 10.6. The molecule has 1 aromatic carbocycles. The van der Waals surface area contributed by atoms with Crippen molar-refractivity contribution in [3.8, 4) is 11.1 Å². The Morgan fingerprint density at radius 2 is 1.89 bits per heavy atom. The highest BCUT2D eigenvalue weighted by Gasteiger charge is 2.38. The van der Waals surface area contributed by atoms with Crippen molar-refractivity contribution in [2.75, 3.05) is 13.1 Å². The molecule has 28 heavy (non-hydrogen) atoms. The number of imidazole rings is 1. The van der Waals surface area contributed by atoms with Crippen LogP contribution in [0, 0.1) is 0 Å². The summed E-state index contributed by atoms with van der Waals surface area (Å²) in [6, 6.07) is 12.5. The van der Waals surface area contributed by atoms with E-state index in [-0.39, 0.29) is 0 Å². The first-order chi connectivity index (χ1) is 13.3. The van der Waals surface area contributed by atoms with E-state index in [0.717, 1.165) is 35.6 Å². The molecule has 0 aliphatic carbocycles. The molecule has 2 aromatic heterocycles. The van der Waals surface area contributed by atoms with Crippen LogP contribution in [0.3, 0.4) is 0 Å². The van der Waals surface area contributed by atoms with E-state index in [1.165, 1.54) is 18.4 Å². The van der Waals surface area contributed by atoms with Crippen molar-refractivity contribution in [1.82, 2.24) is 20.3 Å². The summed E-state index contributed by atoms with van der Waals surface area (Å²) in [5.41, 5.74) is 4.15. The highest BCUT2D eigenvalue weighted by molar-refractivity contribution is 5.78. The monoisotopic (exact) mass is 392 g/mol. The first-order valence-corrected chi connectivity index (χ1v) is 8.76. The van der Waals surface area contributed by atoms with Crippen LogP contribution in [0.1, 0.15) is 24.6 Å². The first-order valence-electron chi connectivity index (χ1n) is 8.76. The molecule has 9 heteroatoms. The summed E-state index contributed by atoms with van der Waals surface area (Å²) in [6.45, 7) is 2.12. The maximum Gasteiger partial charge on any atom is 0.490 e. The fraction of sp³-hybridized carbons (Fsp3) is 0.316.